The number of para-hydroxylation sites is 1. The number of hydrazine groups is 1. The summed E-state index contributed by atoms with van der Waals surface area (Å²) >= 11 is 0. The second kappa shape index (κ2) is 8.01. The summed E-state index contributed by atoms with van der Waals surface area (Å²) in [6, 6.07) is 22.0. The van der Waals surface area contributed by atoms with Crippen LogP contribution in [0.4, 0.5) is 5.69 Å². The number of methoxy groups -OCH3 is 1. The fraction of sp³-hybridized carbons (Fsp3) is 0.200. The molecule has 2 amide bonds. The van der Waals surface area contributed by atoms with Gasteiger partial charge in [-0.3, -0.25) is 15.0 Å². The molecule has 1 saturated heterocycles. The summed E-state index contributed by atoms with van der Waals surface area (Å²) in [7, 11) is 1.61. The maximum absolute atomic E-state index is 13.2. The number of carbonyl (C=O) groups is 2. The van der Waals surface area contributed by atoms with E-state index in [0.29, 0.717) is 11.4 Å². The van der Waals surface area contributed by atoms with Crippen LogP contribution in [0.25, 0.3) is 0 Å². The number of nitrogens with one attached hydrogen (secondary N) is 2. The van der Waals surface area contributed by atoms with Crippen LogP contribution in [-0.2, 0) is 9.59 Å². The number of hydrogen-bond donors (Lipinski definition) is 2. The SMILES string of the molecule is COc1ccc(C2Oc3ccccc3C3C(C(=O)Nc4ccc(C)cc4)C(=O)NN23)cc1. The first-order valence-electron chi connectivity index (χ1n) is 10.4. The van der Waals surface area contributed by atoms with Crippen molar-refractivity contribution in [3.05, 3.63) is 89.5 Å². The molecule has 0 saturated carbocycles. The highest BCUT2D eigenvalue weighted by Gasteiger charge is 2.52. The number of anilines is 1. The molecule has 7 heteroatoms. The zero-order valence-electron chi connectivity index (χ0n) is 17.7. The Hall–Kier alpha value is -3.84. The minimum absolute atomic E-state index is 0.357. The molecule has 2 heterocycles. The summed E-state index contributed by atoms with van der Waals surface area (Å²) in [5.74, 6) is -0.272. The molecule has 5 rings (SSSR count). The lowest BCUT2D eigenvalue weighted by Crippen LogP contribution is -2.43. The zero-order valence-corrected chi connectivity index (χ0v) is 17.7. The predicted molar refractivity (Wildman–Crippen MR) is 119 cm³/mol. The van der Waals surface area contributed by atoms with E-state index >= 15 is 0 Å². The minimum Gasteiger partial charge on any atom is -0.497 e. The molecule has 3 atom stereocenters. The van der Waals surface area contributed by atoms with Crippen LogP contribution < -0.4 is 20.2 Å². The number of benzene rings is 3. The topological polar surface area (TPSA) is 79.9 Å². The fourth-order valence-electron chi connectivity index (χ4n) is 4.23. The Balaban J connectivity index is 1.50. The van der Waals surface area contributed by atoms with Crippen LogP contribution in [0, 0.1) is 12.8 Å². The van der Waals surface area contributed by atoms with Gasteiger partial charge in [0, 0.05) is 16.8 Å². The summed E-state index contributed by atoms with van der Waals surface area (Å²) in [6.45, 7) is 1.98. The first-order valence-corrected chi connectivity index (χ1v) is 10.4. The van der Waals surface area contributed by atoms with Gasteiger partial charge in [-0.15, -0.1) is 0 Å². The quantitative estimate of drug-likeness (QED) is 0.618. The van der Waals surface area contributed by atoms with Crippen LogP contribution in [0.5, 0.6) is 11.5 Å². The van der Waals surface area contributed by atoms with Gasteiger partial charge in [0.15, 0.2) is 6.23 Å². The number of amides is 2. The summed E-state index contributed by atoms with van der Waals surface area (Å²) in [5.41, 5.74) is 6.25. The second-order valence-corrected chi connectivity index (χ2v) is 7.94. The Morgan fingerprint density at radius 3 is 2.47 bits per heavy atom. The van der Waals surface area contributed by atoms with E-state index in [1.807, 2.05) is 79.7 Å². The van der Waals surface area contributed by atoms with Crippen molar-refractivity contribution in [1.29, 1.82) is 0 Å². The van der Waals surface area contributed by atoms with Gasteiger partial charge >= 0.3 is 0 Å². The van der Waals surface area contributed by atoms with Crippen molar-refractivity contribution in [2.45, 2.75) is 19.2 Å². The molecule has 2 N–H and O–H groups in total. The molecule has 162 valence electrons. The molecule has 2 aliphatic rings. The number of fused-ring (bicyclic) bond motifs is 3. The van der Waals surface area contributed by atoms with Gasteiger partial charge < -0.3 is 14.8 Å². The van der Waals surface area contributed by atoms with E-state index in [4.69, 9.17) is 9.47 Å². The third-order valence-electron chi connectivity index (χ3n) is 5.87. The highest BCUT2D eigenvalue weighted by Crippen LogP contribution is 2.47. The van der Waals surface area contributed by atoms with E-state index in [2.05, 4.69) is 10.7 Å². The van der Waals surface area contributed by atoms with Gasteiger partial charge in [-0.2, -0.15) is 5.01 Å². The molecule has 3 aromatic carbocycles. The second-order valence-electron chi connectivity index (χ2n) is 7.94. The molecule has 0 radical (unpaired) electrons. The molecule has 0 aromatic heterocycles. The van der Waals surface area contributed by atoms with Crippen LogP contribution in [-0.4, -0.2) is 23.9 Å². The van der Waals surface area contributed by atoms with Crippen molar-refractivity contribution >= 4 is 17.5 Å². The number of carbonyl (C=O) groups excluding carboxylic acids is 2. The van der Waals surface area contributed by atoms with E-state index in [9.17, 15) is 9.59 Å². The highest BCUT2D eigenvalue weighted by molar-refractivity contribution is 6.08. The lowest BCUT2D eigenvalue weighted by Gasteiger charge is -2.39. The van der Waals surface area contributed by atoms with Crippen molar-refractivity contribution in [1.82, 2.24) is 10.4 Å². The average molecular weight is 429 g/mol. The Morgan fingerprint density at radius 1 is 1.03 bits per heavy atom. The number of nitrogens with zero attached hydrogens (tertiary/aromatic N) is 1. The van der Waals surface area contributed by atoms with Crippen molar-refractivity contribution in [3.63, 3.8) is 0 Å². The van der Waals surface area contributed by atoms with Crippen LogP contribution in [0.3, 0.4) is 0 Å². The molecule has 0 aliphatic carbocycles. The van der Waals surface area contributed by atoms with Crippen molar-refractivity contribution < 1.29 is 19.1 Å². The van der Waals surface area contributed by atoms with E-state index in [0.717, 1.165) is 22.4 Å². The maximum atomic E-state index is 13.2. The van der Waals surface area contributed by atoms with E-state index in [1.54, 1.807) is 12.1 Å². The van der Waals surface area contributed by atoms with Gasteiger partial charge in [0.25, 0.3) is 0 Å². The minimum atomic E-state index is -0.929. The molecular weight excluding hydrogens is 406 g/mol. The predicted octanol–water partition coefficient (Wildman–Crippen LogP) is 3.74. The van der Waals surface area contributed by atoms with Gasteiger partial charge in [-0.1, -0.05) is 48.0 Å². The van der Waals surface area contributed by atoms with Gasteiger partial charge in [-0.05, 0) is 37.3 Å². The van der Waals surface area contributed by atoms with Crippen molar-refractivity contribution in [3.8, 4) is 11.5 Å². The number of aryl methyl sites for hydroxylation is 1. The average Bonchev–Trinajstić information content (AvgIpc) is 3.17. The number of hydrogen-bond acceptors (Lipinski definition) is 5. The lowest BCUT2D eigenvalue weighted by atomic mass is 9.90. The summed E-state index contributed by atoms with van der Waals surface area (Å²) in [6.07, 6.45) is -0.582. The highest BCUT2D eigenvalue weighted by atomic mass is 16.5. The molecule has 32 heavy (non-hydrogen) atoms. The summed E-state index contributed by atoms with van der Waals surface area (Å²) in [5, 5.41) is 4.62. The molecule has 2 aliphatic heterocycles. The van der Waals surface area contributed by atoms with Crippen LogP contribution in [0.2, 0.25) is 0 Å². The first-order chi connectivity index (χ1) is 15.5. The molecule has 3 unspecified atom stereocenters. The maximum Gasteiger partial charge on any atom is 0.249 e. The Labute approximate surface area is 185 Å². The van der Waals surface area contributed by atoms with Gasteiger partial charge in [0.2, 0.25) is 11.8 Å². The molecule has 0 bridgehead atoms. The van der Waals surface area contributed by atoms with Gasteiger partial charge in [-0.25, -0.2) is 0 Å². The van der Waals surface area contributed by atoms with Crippen LogP contribution in [0.15, 0.2) is 72.8 Å². The Morgan fingerprint density at radius 2 is 1.75 bits per heavy atom. The summed E-state index contributed by atoms with van der Waals surface area (Å²) < 4.78 is 11.5. The number of ether oxygens (including phenoxy) is 2. The molecule has 7 nitrogen and oxygen atoms in total. The van der Waals surface area contributed by atoms with Gasteiger partial charge in [0.1, 0.15) is 17.4 Å². The monoisotopic (exact) mass is 429 g/mol. The van der Waals surface area contributed by atoms with E-state index in [-0.39, 0.29) is 11.8 Å². The normalized spacial score (nSPS) is 21.7. The summed E-state index contributed by atoms with van der Waals surface area (Å²) in [4.78, 5) is 26.3. The van der Waals surface area contributed by atoms with Crippen molar-refractivity contribution in [2.24, 2.45) is 5.92 Å². The van der Waals surface area contributed by atoms with Gasteiger partial charge in [0.05, 0.1) is 13.2 Å². The van der Waals surface area contributed by atoms with Crippen LogP contribution >= 0.6 is 0 Å². The van der Waals surface area contributed by atoms with E-state index < -0.39 is 18.2 Å². The van der Waals surface area contributed by atoms with E-state index in [1.165, 1.54) is 0 Å². The standard InChI is InChI=1S/C25H23N3O4/c1-15-7-11-17(12-8-15)26-23(29)21-22-19-5-3-4-6-20(19)32-25(28(22)27-24(21)30)16-9-13-18(31-2)14-10-16/h3-14,21-22,25H,1-2H3,(H,26,29)(H,27,30). The molecule has 1 fully saturated rings. The molecule has 3 aromatic rings. The first kappa shape index (κ1) is 20.1. The lowest BCUT2D eigenvalue weighted by molar-refractivity contribution is -0.130. The third kappa shape index (κ3) is 3.46. The molecule has 0 spiro atoms. The zero-order chi connectivity index (χ0) is 22.2. The molecular formula is C25H23N3O4. The fourth-order valence-corrected chi connectivity index (χ4v) is 4.23. The Bertz CT molecular complexity index is 1160. The van der Waals surface area contributed by atoms with Crippen LogP contribution in [0.1, 0.15) is 29.0 Å². The Kier molecular flexibility index (Phi) is 5.03. The number of rotatable bonds is 4. The smallest absolute Gasteiger partial charge is 0.249 e. The largest absolute Gasteiger partial charge is 0.497 e. The third-order valence-corrected chi connectivity index (χ3v) is 5.87. The van der Waals surface area contributed by atoms with Crippen molar-refractivity contribution in [2.75, 3.05) is 12.4 Å².